The van der Waals surface area contributed by atoms with Crippen LogP contribution >= 0.6 is 15.9 Å². The van der Waals surface area contributed by atoms with Gasteiger partial charge in [-0.05, 0) is 59.3 Å². The summed E-state index contributed by atoms with van der Waals surface area (Å²) in [6.45, 7) is 6.05. The highest BCUT2D eigenvalue weighted by Gasteiger charge is 2.13. The summed E-state index contributed by atoms with van der Waals surface area (Å²) >= 11 is 3.56. The van der Waals surface area contributed by atoms with Gasteiger partial charge in [-0.15, -0.1) is 0 Å². The molecular formula is C18H21BrN2O2. The van der Waals surface area contributed by atoms with Crippen LogP contribution < -0.4 is 9.47 Å². The van der Waals surface area contributed by atoms with Crippen molar-refractivity contribution in [1.29, 1.82) is 0 Å². The molecule has 1 heterocycles. The third-order valence-corrected chi connectivity index (χ3v) is 4.10. The number of ether oxygens (including phenoxy) is 2. The first-order valence-corrected chi connectivity index (χ1v) is 8.30. The Morgan fingerprint density at radius 3 is 2.13 bits per heavy atom. The number of methoxy groups -OCH3 is 2. The van der Waals surface area contributed by atoms with Gasteiger partial charge in [0.05, 0.1) is 19.9 Å². The summed E-state index contributed by atoms with van der Waals surface area (Å²) in [4.78, 5) is 0. The second-order valence-electron chi connectivity index (χ2n) is 4.70. The molecule has 0 saturated carbocycles. The van der Waals surface area contributed by atoms with Crippen molar-refractivity contribution in [2.45, 2.75) is 20.8 Å². The van der Waals surface area contributed by atoms with Crippen molar-refractivity contribution < 1.29 is 9.47 Å². The van der Waals surface area contributed by atoms with Crippen LogP contribution in [-0.2, 0) is 0 Å². The number of benzene rings is 2. The first-order chi connectivity index (χ1) is 11.1. The van der Waals surface area contributed by atoms with Crippen molar-refractivity contribution in [2.24, 2.45) is 0 Å². The normalized spacial score (nSPS) is 10.2. The quantitative estimate of drug-likeness (QED) is 0.634. The van der Waals surface area contributed by atoms with Crippen LogP contribution in [0.4, 0.5) is 0 Å². The van der Waals surface area contributed by atoms with Crippen molar-refractivity contribution in [2.75, 3.05) is 14.2 Å². The van der Waals surface area contributed by atoms with E-state index in [2.05, 4.69) is 21.0 Å². The lowest BCUT2D eigenvalue weighted by atomic mass is 10.2. The van der Waals surface area contributed by atoms with E-state index < -0.39 is 0 Å². The van der Waals surface area contributed by atoms with Crippen LogP contribution in [0.25, 0.3) is 16.6 Å². The molecular weight excluding hydrogens is 356 g/mol. The highest BCUT2D eigenvalue weighted by atomic mass is 79.9. The lowest BCUT2D eigenvalue weighted by molar-refractivity contribution is 0.414. The van der Waals surface area contributed by atoms with Gasteiger partial charge in [0.25, 0.3) is 0 Å². The standard InChI is InChI=1S/C16H15BrN2O2.C2H6/c1-10-14-8-13(21-3)9-15(17)16(14)18-19(10)11-4-6-12(20-2)7-5-11;1-2/h4-9H,1-3H3;1-2H3. The Morgan fingerprint density at radius 1 is 0.957 bits per heavy atom. The van der Waals surface area contributed by atoms with Crippen LogP contribution in [0.1, 0.15) is 19.5 Å². The van der Waals surface area contributed by atoms with E-state index in [1.165, 1.54) is 0 Å². The van der Waals surface area contributed by atoms with Crippen molar-refractivity contribution in [3.63, 3.8) is 0 Å². The van der Waals surface area contributed by atoms with Gasteiger partial charge in [-0.25, -0.2) is 4.68 Å². The molecule has 0 spiro atoms. The van der Waals surface area contributed by atoms with E-state index in [0.29, 0.717) is 0 Å². The molecule has 3 aromatic rings. The third kappa shape index (κ3) is 3.34. The minimum Gasteiger partial charge on any atom is -0.497 e. The molecule has 0 N–H and O–H groups in total. The van der Waals surface area contributed by atoms with Crippen LogP contribution in [0, 0.1) is 6.92 Å². The van der Waals surface area contributed by atoms with E-state index in [9.17, 15) is 0 Å². The van der Waals surface area contributed by atoms with E-state index >= 15 is 0 Å². The lowest BCUT2D eigenvalue weighted by Crippen LogP contribution is -1.98. The number of hydrogen-bond acceptors (Lipinski definition) is 3. The fourth-order valence-corrected chi connectivity index (χ4v) is 2.85. The van der Waals surface area contributed by atoms with Crippen LogP contribution in [0.2, 0.25) is 0 Å². The summed E-state index contributed by atoms with van der Waals surface area (Å²) in [7, 11) is 3.32. The topological polar surface area (TPSA) is 36.3 Å². The number of aryl methyl sites for hydroxylation is 1. The Morgan fingerprint density at radius 2 is 1.57 bits per heavy atom. The van der Waals surface area contributed by atoms with E-state index in [1.54, 1.807) is 14.2 Å². The Hall–Kier alpha value is -2.01. The molecule has 0 atom stereocenters. The Kier molecular flexibility index (Phi) is 5.66. The minimum absolute atomic E-state index is 0.812. The van der Waals surface area contributed by atoms with Gasteiger partial charge in [0.1, 0.15) is 17.0 Å². The maximum atomic E-state index is 5.32. The fourth-order valence-electron chi connectivity index (χ4n) is 2.33. The zero-order chi connectivity index (χ0) is 17.0. The molecule has 4 nitrogen and oxygen atoms in total. The molecule has 0 aliphatic heterocycles. The number of rotatable bonds is 3. The van der Waals surface area contributed by atoms with Crippen LogP contribution in [-0.4, -0.2) is 24.0 Å². The Balaban J connectivity index is 0.000000924. The first-order valence-electron chi connectivity index (χ1n) is 7.51. The van der Waals surface area contributed by atoms with E-state index in [0.717, 1.165) is 38.3 Å². The van der Waals surface area contributed by atoms with Gasteiger partial charge in [0.15, 0.2) is 0 Å². The predicted octanol–water partition coefficient (Wildman–Crippen LogP) is 5.14. The van der Waals surface area contributed by atoms with Gasteiger partial charge in [-0.2, -0.15) is 5.10 Å². The second kappa shape index (κ2) is 7.51. The van der Waals surface area contributed by atoms with Gasteiger partial charge in [0, 0.05) is 15.6 Å². The molecule has 0 amide bonds. The Bertz CT molecular complexity index is 795. The molecule has 0 unspecified atom stereocenters. The van der Waals surface area contributed by atoms with Crippen LogP contribution in [0.15, 0.2) is 40.9 Å². The highest BCUT2D eigenvalue weighted by Crippen LogP contribution is 2.32. The zero-order valence-corrected chi connectivity index (χ0v) is 15.6. The smallest absolute Gasteiger partial charge is 0.120 e. The molecule has 0 aliphatic carbocycles. The number of hydrogen-bond donors (Lipinski definition) is 0. The van der Waals surface area contributed by atoms with E-state index in [1.807, 2.05) is 61.9 Å². The van der Waals surface area contributed by atoms with E-state index in [4.69, 9.17) is 9.47 Å². The Labute approximate surface area is 145 Å². The van der Waals surface area contributed by atoms with Gasteiger partial charge in [-0.1, -0.05) is 13.8 Å². The second-order valence-corrected chi connectivity index (χ2v) is 5.55. The van der Waals surface area contributed by atoms with Gasteiger partial charge in [-0.3, -0.25) is 0 Å². The largest absolute Gasteiger partial charge is 0.497 e. The molecule has 0 saturated heterocycles. The summed E-state index contributed by atoms with van der Waals surface area (Å²) in [5.41, 5.74) is 2.98. The van der Waals surface area contributed by atoms with E-state index in [-0.39, 0.29) is 0 Å². The van der Waals surface area contributed by atoms with Crippen molar-refractivity contribution >= 4 is 26.8 Å². The molecule has 122 valence electrons. The van der Waals surface area contributed by atoms with Gasteiger partial charge >= 0.3 is 0 Å². The maximum absolute atomic E-state index is 5.32. The number of aromatic nitrogens is 2. The predicted molar refractivity (Wildman–Crippen MR) is 98.0 cm³/mol. The molecule has 2 aromatic carbocycles. The van der Waals surface area contributed by atoms with Crippen LogP contribution in [0.3, 0.4) is 0 Å². The van der Waals surface area contributed by atoms with Crippen molar-refractivity contribution in [3.05, 3.63) is 46.6 Å². The summed E-state index contributed by atoms with van der Waals surface area (Å²) in [5, 5.41) is 5.75. The fraction of sp³-hybridized carbons (Fsp3) is 0.278. The average molecular weight is 377 g/mol. The zero-order valence-electron chi connectivity index (χ0n) is 14.1. The maximum Gasteiger partial charge on any atom is 0.120 e. The summed E-state index contributed by atoms with van der Waals surface area (Å²) in [6, 6.07) is 11.8. The van der Waals surface area contributed by atoms with Crippen molar-refractivity contribution in [3.8, 4) is 17.2 Å². The lowest BCUT2D eigenvalue weighted by Gasteiger charge is -2.05. The summed E-state index contributed by atoms with van der Waals surface area (Å²) in [5.74, 6) is 1.64. The summed E-state index contributed by atoms with van der Waals surface area (Å²) in [6.07, 6.45) is 0. The number of fused-ring (bicyclic) bond motifs is 1. The summed E-state index contributed by atoms with van der Waals surface area (Å²) < 4.78 is 13.4. The van der Waals surface area contributed by atoms with Crippen LogP contribution in [0.5, 0.6) is 11.5 Å². The van der Waals surface area contributed by atoms with Crippen molar-refractivity contribution in [1.82, 2.24) is 9.78 Å². The molecule has 3 rings (SSSR count). The molecule has 0 bridgehead atoms. The van der Waals surface area contributed by atoms with Gasteiger partial charge in [0.2, 0.25) is 0 Å². The average Bonchev–Trinajstić information content (AvgIpc) is 2.94. The number of halogens is 1. The monoisotopic (exact) mass is 376 g/mol. The number of nitrogens with zero attached hydrogens (tertiary/aromatic N) is 2. The first kappa shape index (κ1) is 17.3. The minimum atomic E-state index is 0.812. The molecule has 0 aliphatic rings. The molecule has 1 aromatic heterocycles. The third-order valence-electron chi connectivity index (χ3n) is 3.50. The molecule has 23 heavy (non-hydrogen) atoms. The highest BCUT2D eigenvalue weighted by molar-refractivity contribution is 9.10. The molecule has 5 heteroatoms. The molecule has 0 radical (unpaired) electrons. The molecule has 0 fully saturated rings. The SMILES string of the molecule is CC.COc1ccc(-n2nc3c(Br)cc(OC)cc3c2C)cc1. The van der Waals surface area contributed by atoms with Gasteiger partial charge < -0.3 is 9.47 Å².